The molecule has 7 nitrogen and oxygen atoms in total. The first-order chi connectivity index (χ1) is 9.84. The minimum atomic E-state index is -3.58. The summed E-state index contributed by atoms with van der Waals surface area (Å²) in [6.45, 7) is 9.68. The molecule has 0 bridgehead atoms. The molecule has 1 aromatic heterocycles. The molecule has 0 saturated carbocycles. The molecule has 0 unspecified atom stereocenters. The van der Waals surface area contributed by atoms with Crippen LogP contribution in [0.15, 0.2) is 24.1 Å². The molecule has 0 aromatic carbocycles. The zero-order valence-corrected chi connectivity index (χ0v) is 13.5. The van der Waals surface area contributed by atoms with Gasteiger partial charge in [0.2, 0.25) is 9.84 Å². The Kier molecular flexibility index (Phi) is 6.07. The normalized spacial score (nSPS) is 11.6. The highest BCUT2D eigenvalue weighted by atomic mass is 32.2. The van der Waals surface area contributed by atoms with E-state index in [1.165, 1.54) is 0 Å². The molecule has 0 aliphatic carbocycles. The minimum absolute atomic E-state index is 0.320. The highest BCUT2D eigenvalue weighted by Crippen LogP contribution is 2.10. The molecule has 1 aromatic rings. The molecule has 8 heteroatoms. The van der Waals surface area contributed by atoms with Gasteiger partial charge in [0.05, 0.1) is 5.25 Å². The Labute approximate surface area is 125 Å². The second-order valence-electron chi connectivity index (χ2n) is 4.94. The van der Waals surface area contributed by atoms with Gasteiger partial charge < -0.3 is 4.90 Å². The maximum absolute atomic E-state index is 12.3. The van der Waals surface area contributed by atoms with Crippen molar-refractivity contribution in [3.05, 3.63) is 19.0 Å². The predicted molar refractivity (Wildman–Crippen MR) is 79.8 cm³/mol. The Morgan fingerprint density at radius 3 is 2.71 bits per heavy atom. The number of carbonyl (C=O) groups excluding carboxylic acids is 1. The van der Waals surface area contributed by atoms with Crippen molar-refractivity contribution in [2.45, 2.75) is 44.0 Å². The van der Waals surface area contributed by atoms with Crippen molar-refractivity contribution in [2.75, 3.05) is 13.1 Å². The van der Waals surface area contributed by atoms with Crippen LogP contribution in [-0.4, -0.2) is 52.5 Å². The minimum Gasteiger partial charge on any atom is -0.319 e. The van der Waals surface area contributed by atoms with Crippen LogP contribution < -0.4 is 0 Å². The molecular formula is C13H22N4O3S. The van der Waals surface area contributed by atoms with Gasteiger partial charge in [-0.1, -0.05) is 19.4 Å². The number of rotatable bonds is 7. The van der Waals surface area contributed by atoms with Crippen LogP contribution >= 0.6 is 0 Å². The van der Waals surface area contributed by atoms with Crippen molar-refractivity contribution >= 4 is 15.9 Å². The number of nitrogens with zero attached hydrogens (tertiary/aromatic N) is 4. The third-order valence-electron chi connectivity index (χ3n) is 2.94. The van der Waals surface area contributed by atoms with Gasteiger partial charge in [0.25, 0.3) is 5.16 Å². The fourth-order valence-electron chi connectivity index (χ4n) is 1.60. The van der Waals surface area contributed by atoms with Gasteiger partial charge in [0.1, 0.15) is 6.33 Å². The molecule has 0 spiro atoms. The van der Waals surface area contributed by atoms with Crippen molar-refractivity contribution in [1.29, 1.82) is 0 Å². The van der Waals surface area contributed by atoms with Crippen LogP contribution in [-0.2, 0) is 9.84 Å². The van der Waals surface area contributed by atoms with Crippen LogP contribution in [0.1, 0.15) is 33.6 Å². The number of hydrogen-bond acceptors (Lipinski definition) is 5. The summed E-state index contributed by atoms with van der Waals surface area (Å²) >= 11 is 0. The molecule has 21 heavy (non-hydrogen) atoms. The maximum atomic E-state index is 12.3. The molecule has 0 aliphatic rings. The first kappa shape index (κ1) is 17.4. The van der Waals surface area contributed by atoms with Gasteiger partial charge in [-0.3, -0.25) is 0 Å². The zero-order valence-electron chi connectivity index (χ0n) is 12.7. The van der Waals surface area contributed by atoms with Gasteiger partial charge >= 0.3 is 6.03 Å². The van der Waals surface area contributed by atoms with E-state index in [-0.39, 0.29) is 5.16 Å². The SMILES string of the molecule is C=CCN(CCCC)C(=O)n1cnc(S(=O)(=O)C(C)C)n1. The van der Waals surface area contributed by atoms with E-state index >= 15 is 0 Å². The number of unbranched alkanes of at least 4 members (excludes halogenated alkanes) is 1. The fourth-order valence-corrected chi connectivity index (χ4v) is 2.41. The average Bonchev–Trinajstić information content (AvgIpc) is 2.92. The third kappa shape index (κ3) is 4.13. The number of hydrogen-bond donors (Lipinski definition) is 0. The molecule has 1 rings (SSSR count). The lowest BCUT2D eigenvalue weighted by molar-refractivity contribution is 0.200. The predicted octanol–water partition coefficient (Wildman–Crippen LogP) is 1.72. The van der Waals surface area contributed by atoms with E-state index in [1.807, 2.05) is 6.92 Å². The number of amides is 1. The lowest BCUT2D eigenvalue weighted by atomic mass is 10.3. The summed E-state index contributed by atoms with van der Waals surface area (Å²) in [5, 5.41) is 2.86. The molecule has 0 saturated heterocycles. The van der Waals surface area contributed by atoms with E-state index in [4.69, 9.17) is 0 Å². The summed E-state index contributed by atoms with van der Waals surface area (Å²) in [7, 11) is -3.58. The Balaban J connectivity index is 2.97. The van der Waals surface area contributed by atoms with Crippen molar-refractivity contribution in [3.8, 4) is 0 Å². The number of sulfone groups is 1. The first-order valence-corrected chi connectivity index (χ1v) is 8.45. The van der Waals surface area contributed by atoms with E-state index < -0.39 is 21.1 Å². The van der Waals surface area contributed by atoms with E-state index in [0.29, 0.717) is 13.1 Å². The number of carbonyl (C=O) groups is 1. The highest BCUT2D eigenvalue weighted by Gasteiger charge is 2.25. The standard InChI is InChI=1S/C13H22N4O3S/c1-5-7-9-16(8-6-2)13(18)17-10-14-12(15-17)21(19,20)11(3)4/h6,10-11H,2,5,7-9H2,1,3-4H3. The van der Waals surface area contributed by atoms with E-state index in [2.05, 4.69) is 16.7 Å². The van der Waals surface area contributed by atoms with Gasteiger partial charge in [-0.15, -0.1) is 11.7 Å². The summed E-state index contributed by atoms with van der Waals surface area (Å²) in [5.74, 6) is 0. The Morgan fingerprint density at radius 2 is 2.19 bits per heavy atom. The molecule has 118 valence electrons. The topological polar surface area (TPSA) is 85.2 Å². The summed E-state index contributed by atoms with van der Waals surface area (Å²) < 4.78 is 24.9. The van der Waals surface area contributed by atoms with Crippen molar-refractivity contribution in [1.82, 2.24) is 19.7 Å². The van der Waals surface area contributed by atoms with Gasteiger partial charge in [-0.2, -0.15) is 4.68 Å². The fraction of sp³-hybridized carbons (Fsp3) is 0.615. The maximum Gasteiger partial charge on any atom is 0.346 e. The quantitative estimate of drug-likeness (QED) is 0.715. The number of aromatic nitrogens is 3. The largest absolute Gasteiger partial charge is 0.346 e. The van der Waals surface area contributed by atoms with Crippen LogP contribution in [0.3, 0.4) is 0 Å². The summed E-state index contributed by atoms with van der Waals surface area (Å²) in [5.41, 5.74) is 0. The second-order valence-corrected chi connectivity index (χ2v) is 7.33. The van der Waals surface area contributed by atoms with Crippen molar-refractivity contribution in [3.63, 3.8) is 0 Å². The molecule has 0 fully saturated rings. The molecule has 1 heterocycles. The van der Waals surface area contributed by atoms with Crippen LogP contribution in [0.25, 0.3) is 0 Å². The molecular weight excluding hydrogens is 292 g/mol. The lowest BCUT2D eigenvalue weighted by Crippen LogP contribution is -2.36. The smallest absolute Gasteiger partial charge is 0.319 e. The van der Waals surface area contributed by atoms with Gasteiger partial charge in [-0.05, 0) is 20.3 Å². The van der Waals surface area contributed by atoms with Gasteiger partial charge in [0, 0.05) is 13.1 Å². The van der Waals surface area contributed by atoms with Gasteiger partial charge in [0.15, 0.2) is 0 Å². The molecule has 0 radical (unpaired) electrons. The zero-order chi connectivity index (χ0) is 16.0. The van der Waals surface area contributed by atoms with Gasteiger partial charge in [-0.25, -0.2) is 18.2 Å². The third-order valence-corrected chi connectivity index (χ3v) is 4.88. The molecule has 1 amide bonds. The van der Waals surface area contributed by atoms with Crippen LogP contribution in [0, 0.1) is 0 Å². The van der Waals surface area contributed by atoms with Crippen molar-refractivity contribution in [2.24, 2.45) is 0 Å². The first-order valence-electron chi connectivity index (χ1n) is 6.90. The monoisotopic (exact) mass is 314 g/mol. The second kappa shape index (κ2) is 7.35. The summed E-state index contributed by atoms with van der Waals surface area (Å²) in [6, 6.07) is -0.402. The lowest BCUT2D eigenvalue weighted by Gasteiger charge is -2.19. The summed E-state index contributed by atoms with van der Waals surface area (Å²) in [6.07, 6.45) is 4.56. The molecule has 0 aliphatic heterocycles. The van der Waals surface area contributed by atoms with Crippen LogP contribution in [0.5, 0.6) is 0 Å². The Hall–Kier alpha value is -1.70. The van der Waals surface area contributed by atoms with E-state index in [1.54, 1.807) is 24.8 Å². The molecule has 0 N–H and O–H groups in total. The average molecular weight is 314 g/mol. The van der Waals surface area contributed by atoms with E-state index in [0.717, 1.165) is 23.9 Å². The van der Waals surface area contributed by atoms with Crippen molar-refractivity contribution < 1.29 is 13.2 Å². The van der Waals surface area contributed by atoms with E-state index in [9.17, 15) is 13.2 Å². The van der Waals surface area contributed by atoms with Crippen LogP contribution in [0.2, 0.25) is 0 Å². The molecule has 0 atom stereocenters. The summed E-state index contributed by atoms with van der Waals surface area (Å²) in [4.78, 5) is 17.6. The Bertz CT molecular complexity index is 592. The Morgan fingerprint density at radius 1 is 1.52 bits per heavy atom. The highest BCUT2D eigenvalue weighted by molar-refractivity contribution is 7.91. The van der Waals surface area contributed by atoms with Crippen LogP contribution in [0.4, 0.5) is 4.79 Å².